The van der Waals surface area contributed by atoms with Gasteiger partial charge < -0.3 is 10.1 Å². The molecule has 0 saturated carbocycles. The Bertz CT molecular complexity index is 721. The molecule has 1 aromatic heterocycles. The first-order valence-corrected chi connectivity index (χ1v) is 6.73. The summed E-state index contributed by atoms with van der Waals surface area (Å²) in [7, 11) is 0. The summed E-state index contributed by atoms with van der Waals surface area (Å²) in [6.45, 7) is 2.01. The summed E-state index contributed by atoms with van der Waals surface area (Å²) in [5, 5.41) is 13.7. The molecule has 0 aliphatic carbocycles. The van der Waals surface area contributed by atoms with Crippen LogP contribution in [0.1, 0.15) is 17.3 Å². The zero-order valence-electron chi connectivity index (χ0n) is 11.6. The summed E-state index contributed by atoms with van der Waals surface area (Å²) in [6, 6.07) is 7.18. The number of aromatic nitrogens is 1. The molecule has 1 N–H and O–H groups in total. The molecule has 0 aliphatic heterocycles. The molecule has 0 aliphatic rings. The molecule has 0 radical (unpaired) electrons. The van der Waals surface area contributed by atoms with Gasteiger partial charge in [0.25, 0.3) is 5.91 Å². The van der Waals surface area contributed by atoms with Crippen molar-refractivity contribution in [1.29, 1.82) is 0 Å². The SMILES string of the molecule is CCOc1ccc(C(=O)Nc2cccnc2Cl)cc1[N+](=O)[O-]. The van der Waals surface area contributed by atoms with E-state index < -0.39 is 10.8 Å². The van der Waals surface area contributed by atoms with Crippen LogP contribution in [0, 0.1) is 10.1 Å². The van der Waals surface area contributed by atoms with Gasteiger partial charge in [-0.05, 0) is 31.2 Å². The number of nitrogens with zero attached hydrogens (tertiary/aromatic N) is 2. The smallest absolute Gasteiger partial charge is 0.311 e. The third-order valence-electron chi connectivity index (χ3n) is 2.72. The Balaban J connectivity index is 2.28. The molecule has 0 saturated heterocycles. The number of nitro benzene ring substituents is 1. The number of hydrogen-bond donors (Lipinski definition) is 1. The first-order valence-electron chi connectivity index (χ1n) is 6.36. The van der Waals surface area contributed by atoms with Crippen molar-refractivity contribution in [1.82, 2.24) is 4.98 Å². The van der Waals surface area contributed by atoms with Crippen molar-refractivity contribution in [2.75, 3.05) is 11.9 Å². The first-order chi connectivity index (χ1) is 10.5. The quantitative estimate of drug-likeness (QED) is 0.518. The number of rotatable bonds is 5. The third-order valence-corrected chi connectivity index (χ3v) is 3.03. The van der Waals surface area contributed by atoms with E-state index in [0.29, 0.717) is 5.69 Å². The van der Waals surface area contributed by atoms with E-state index in [1.165, 1.54) is 18.3 Å². The highest BCUT2D eigenvalue weighted by Crippen LogP contribution is 2.28. The van der Waals surface area contributed by atoms with Crippen LogP contribution in [0.3, 0.4) is 0 Å². The number of ether oxygens (including phenoxy) is 1. The van der Waals surface area contributed by atoms with Gasteiger partial charge in [-0.1, -0.05) is 11.6 Å². The van der Waals surface area contributed by atoms with E-state index in [1.807, 2.05) is 0 Å². The molecule has 7 nitrogen and oxygen atoms in total. The minimum atomic E-state index is -0.598. The number of pyridine rings is 1. The monoisotopic (exact) mass is 321 g/mol. The van der Waals surface area contributed by atoms with E-state index in [-0.39, 0.29) is 28.8 Å². The standard InChI is InChI=1S/C14H12ClN3O4/c1-2-22-12-6-5-9(8-11(12)18(20)21)14(19)17-10-4-3-7-16-13(10)15/h3-8H,2H2,1H3,(H,17,19). The van der Waals surface area contributed by atoms with Gasteiger partial charge in [0.2, 0.25) is 0 Å². The van der Waals surface area contributed by atoms with Crippen LogP contribution < -0.4 is 10.1 Å². The Morgan fingerprint density at radius 2 is 2.23 bits per heavy atom. The molecule has 22 heavy (non-hydrogen) atoms. The van der Waals surface area contributed by atoms with Crippen molar-refractivity contribution < 1.29 is 14.5 Å². The lowest BCUT2D eigenvalue weighted by molar-refractivity contribution is -0.385. The van der Waals surface area contributed by atoms with E-state index >= 15 is 0 Å². The first kappa shape index (κ1) is 15.7. The van der Waals surface area contributed by atoms with Crippen molar-refractivity contribution in [3.05, 3.63) is 57.4 Å². The largest absolute Gasteiger partial charge is 0.487 e. The molecule has 1 heterocycles. The van der Waals surface area contributed by atoms with Gasteiger partial charge in [0, 0.05) is 17.8 Å². The van der Waals surface area contributed by atoms with Crippen LogP contribution in [0.2, 0.25) is 5.15 Å². The van der Waals surface area contributed by atoms with Gasteiger partial charge in [0.15, 0.2) is 10.9 Å². The maximum atomic E-state index is 12.1. The molecule has 0 unspecified atom stereocenters. The van der Waals surface area contributed by atoms with Crippen LogP contribution in [0.15, 0.2) is 36.5 Å². The topological polar surface area (TPSA) is 94.4 Å². The lowest BCUT2D eigenvalue weighted by Gasteiger charge is -2.08. The van der Waals surface area contributed by atoms with Gasteiger partial charge in [0.1, 0.15) is 0 Å². The zero-order valence-corrected chi connectivity index (χ0v) is 12.3. The second-order valence-electron chi connectivity index (χ2n) is 4.17. The minimum absolute atomic E-state index is 0.114. The molecular formula is C14H12ClN3O4. The molecule has 1 amide bonds. The number of halogens is 1. The second kappa shape index (κ2) is 6.86. The highest BCUT2D eigenvalue weighted by atomic mass is 35.5. The Morgan fingerprint density at radius 1 is 1.45 bits per heavy atom. The van der Waals surface area contributed by atoms with E-state index in [4.69, 9.17) is 16.3 Å². The molecule has 0 bridgehead atoms. The molecule has 114 valence electrons. The van der Waals surface area contributed by atoms with Crippen molar-refractivity contribution in [3.63, 3.8) is 0 Å². The summed E-state index contributed by atoms with van der Waals surface area (Å²) >= 11 is 5.85. The summed E-state index contributed by atoms with van der Waals surface area (Å²) in [5.41, 5.74) is 0.174. The van der Waals surface area contributed by atoms with Crippen LogP contribution in [0.25, 0.3) is 0 Å². The Kier molecular flexibility index (Phi) is 4.90. The lowest BCUT2D eigenvalue weighted by Crippen LogP contribution is -2.13. The van der Waals surface area contributed by atoms with Crippen LogP contribution in [-0.2, 0) is 0 Å². The summed E-state index contributed by atoms with van der Waals surface area (Å²) in [4.78, 5) is 26.4. The molecule has 0 fully saturated rings. The number of amides is 1. The molecular weight excluding hydrogens is 310 g/mol. The third kappa shape index (κ3) is 3.50. The summed E-state index contributed by atoms with van der Waals surface area (Å²) in [5.74, 6) is -0.412. The minimum Gasteiger partial charge on any atom is -0.487 e. The van der Waals surface area contributed by atoms with Crippen LogP contribution in [0.5, 0.6) is 5.75 Å². The molecule has 0 atom stereocenters. The molecule has 2 rings (SSSR count). The second-order valence-corrected chi connectivity index (χ2v) is 4.53. The predicted molar refractivity (Wildman–Crippen MR) is 81.5 cm³/mol. The number of nitro groups is 1. The fourth-order valence-electron chi connectivity index (χ4n) is 1.75. The van der Waals surface area contributed by atoms with Crippen molar-refractivity contribution in [2.45, 2.75) is 6.92 Å². The van der Waals surface area contributed by atoms with E-state index in [0.717, 1.165) is 6.07 Å². The average molecular weight is 322 g/mol. The van der Waals surface area contributed by atoms with E-state index in [9.17, 15) is 14.9 Å². The van der Waals surface area contributed by atoms with Crippen LogP contribution >= 0.6 is 11.6 Å². The Hall–Kier alpha value is -2.67. The van der Waals surface area contributed by atoms with Crippen LogP contribution in [0.4, 0.5) is 11.4 Å². The number of hydrogen-bond acceptors (Lipinski definition) is 5. The Morgan fingerprint density at radius 3 is 2.86 bits per heavy atom. The van der Waals surface area contributed by atoms with Gasteiger partial charge >= 0.3 is 5.69 Å². The molecule has 2 aromatic rings. The zero-order chi connectivity index (χ0) is 16.1. The van der Waals surface area contributed by atoms with E-state index in [1.54, 1.807) is 19.1 Å². The summed E-state index contributed by atoms with van der Waals surface area (Å²) < 4.78 is 5.17. The fraction of sp³-hybridized carbons (Fsp3) is 0.143. The van der Waals surface area contributed by atoms with Crippen molar-refractivity contribution >= 4 is 28.9 Å². The summed E-state index contributed by atoms with van der Waals surface area (Å²) in [6.07, 6.45) is 1.49. The molecule has 0 spiro atoms. The highest BCUT2D eigenvalue weighted by molar-refractivity contribution is 6.32. The van der Waals surface area contributed by atoms with Gasteiger partial charge in [-0.15, -0.1) is 0 Å². The lowest BCUT2D eigenvalue weighted by atomic mass is 10.1. The molecule has 1 aromatic carbocycles. The Labute approximate surface area is 131 Å². The van der Waals surface area contributed by atoms with Gasteiger partial charge in [-0.2, -0.15) is 0 Å². The molecule has 8 heteroatoms. The van der Waals surface area contributed by atoms with E-state index in [2.05, 4.69) is 10.3 Å². The maximum Gasteiger partial charge on any atom is 0.311 e. The maximum absolute atomic E-state index is 12.1. The average Bonchev–Trinajstić information content (AvgIpc) is 2.50. The fourth-order valence-corrected chi connectivity index (χ4v) is 1.92. The van der Waals surface area contributed by atoms with Gasteiger partial charge in [-0.25, -0.2) is 4.98 Å². The van der Waals surface area contributed by atoms with Crippen molar-refractivity contribution in [3.8, 4) is 5.75 Å². The number of benzene rings is 1. The predicted octanol–water partition coefficient (Wildman–Crippen LogP) is 3.29. The van der Waals surface area contributed by atoms with Gasteiger partial charge in [0.05, 0.1) is 17.2 Å². The highest BCUT2D eigenvalue weighted by Gasteiger charge is 2.19. The van der Waals surface area contributed by atoms with Gasteiger partial charge in [-0.3, -0.25) is 14.9 Å². The normalized spacial score (nSPS) is 10.1. The van der Waals surface area contributed by atoms with Crippen LogP contribution in [-0.4, -0.2) is 22.4 Å². The number of nitrogens with one attached hydrogen (secondary N) is 1. The number of carbonyl (C=O) groups is 1. The number of carbonyl (C=O) groups excluding carboxylic acids is 1. The number of anilines is 1. The van der Waals surface area contributed by atoms with Crippen molar-refractivity contribution in [2.24, 2.45) is 0 Å².